The Balaban J connectivity index is 1.92. The topological polar surface area (TPSA) is 68.1 Å². The second-order valence-corrected chi connectivity index (χ2v) is 4.66. The number of nitrogens with zero attached hydrogens (tertiary/aromatic N) is 2. The summed E-state index contributed by atoms with van der Waals surface area (Å²) >= 11 is 0. The van der Waals surface area contributed by atoms with E-state index in [0.717, 1.165) is 6.42 Å². The first kappa shape index (κ1) is 14.0. The second-order valence-electron chi connectivity index (χ2n) is 4.66. The highest BCUT2D eigenvalue weighted by Gasteiger charge is 2.13. The Morgan fingerprint density at radius 3 is 2.70 bits per heavy atom. The lowest BCUT2D eigenvalue weighted by Crippen LogP contribution is -2.08. The first-order valence-corrected chi connectivity index (χ1v) is 6.56. The van der Waals surface area contributed by atoms with Crippen LogP contribution in [0.5, 0.6) is 0 Å². The normalized spacial score (nSPS) is 11.8. The number of nitrogens with one attached hydrogen (secondary N) is 1. The van der Waals surface area contributed by atoms with E-state index in [4.69, 9.17) is 0 Å². The standard InChI is InChI=1S/C15H17N3O2/c1-12(13-6-3-2-4-7-13)9-11-16-14-8-5-10-17-15(14)18(19)20/h2-8,10,12,16H,9,11H2,1H3. The summed E-state index contributed by atoms with van der Waals surface area (Å²) in [5, 5.41) is 13.9. The molecule has 1 unspecified atom stereocenters. The van der Waals surface area contributed by atoms with Crippen LogP contribution in [0.4, 0.5) is 11.5 Å². The van der Waals surface area contributed by atoms with Crippen LogP contribution >= 0.6 is 0 Å². The molecule has 0 radical (unpaired) electrons. The van der Waals surface area contributed by atoms with Crippen molar-refractivity contribution in [3.05, 3.63) is 64.3 Å². The summed E-state index contributed by atoms with van der Waals surface area (Å²) in [4.78, 5) is 14.1. The molecule has 0 fully saturated rings. The number of hydrogen-bond donors (Lipinski definition) is 1. The number of nitro groups is 1. The van der Waals surface area contributed by atoms with E-state index >= 15 is 0 Å². The molecule has 104 valence electrons. The van der Waals surface area contributed by atoms with E-state index < -0.39 is 4.92 Å². The van der Waals surface area contributed by atoms with Crippen LogP contribution in [0.1, 0.15) is 24.8 Å². The Labute approximate surface area is 117 Å². The Kier molecular flexibility index (Phi) is 4.65. The lowest BCUT2D eigenvalue weighted by atomic mass is 9.98. The summed E-state index contributed by atoms with van der Waals surface area (Å²) in [6, 6.07) is 13.6. The molecular weight excluding hydrogens is 254 g/mol. The molecule has 0 aliphatic heterocycles. The van der Waals surface area contributed by atoms with Gasteiger partial charge in [-0.1, -0.05) is 37.3 Å². The summed E-state index contributed by atoms with van der Waals surface area (Å²) < 4.78 is 0. The van der Waals surface area contributed by atoms with Gasteiger partial charge in [-0.15, -0.1) is 0 Å². The summed E-state index contributed by atoms with van der Waals surface area (Å²) in [5.74, 6) is 0.277. The fraction of sp³-hybridized carbons (Fsp3) is 0.267. The van der Waals surface area contributed by atoms with Gasteiger partial charge in [0, 0.05) is 6.54 Å². The Morgan fingerprint density at radius 1 is 1.25 bits per heavy atom. The highest BCUT2D eigenvalue weighted by atomic mass is 16.6. The van der Waals surface area contributed by atoms with E-state index in [1.807, 2.05) is 18.2 Å². The van der Waals surface area contributed by atoms with Gasteiger partial charge >= 0.3 is 5.82 Å². The highest BCUT2D eigenvalue weighted by molar-refractivity contribution is 5.56. The largest absolute Gasteiger partial charge is 0.386 e. The maximum Gasteiger partial charge on any atom is 0.386 e. The molecule has 1 N–H and O–H groups in total. The predicted octanol–water partition coefficient (Wildman–Crippen LogP) is 3.60. The van der Waals surface area contributed by atoms with Gasteiger partial charge in [0.25, 0.3) is 0 Å². The third-order valence-corrected chi connectivity index (χ3v) is 3.22. The van der Waals surface area contributed by atoms with Gasteiger partial charge in [0.05, 0.1) is 0 Å². The van der Waals surface area contributed by atoms with Crippen LogP contribution in [-0.4, -0.2) is 16.5 Å². The van der Waals surface area contributed by atoms with Gasteiger partial charge in [-0.05, 0) is 39.9 Å². The quantitative estimate of drug-likeness (QED) is 0.644. The average Bonchev–Trinajstić information content (AvgIpc) is 2.48. The van der Waals surface area contributed by atoms with Crippen LogP contribution < -0.4 is 5.32 Å². The molecule has 0 saturated heterocycles. The van der Waals surface area contributed by atoms with Gasteiger partial charge in [-0.3, -0.25) is 0 Å². The zero-order valence-corrected chi connectivity index (χ0v) is 11.3. The molecule has 2 aromatic rings. The van der Waals surface area contributed by atoms with E-state index in [9.17, 15) is 10.1 Å². The lowest BCUT2D eigenvalue weighted by molar-refractivity contribution is -0.388. The summed E-state index contributed by atoms with van der Waals surface area (Å²) in [6.07, 6.45) is 2.33. The summed E-state index contributed by atoms with van der Waals surface area (Å²) in [6.45, 7) is 2.82. The van der Waals surface area contributed by atoms with Crippen molar-refractivity contribution in [2.75, 3.05) is 11.9 Å². The van der Waals surface area contributed by atoms with E-state index in [1.54, 1.807) is 12.1 Å². The molecule has 1 aromatic carbocycles. The second kappa shape index (κ2) is 6.65. The molecule has 1 heterocycles. The van der Waals surface area contributed by atoms with Crippen LogP contribution in [0.15, 0.2) is 48.7 Å². The van der Waals surface area contributed by atoms with Crippen molar-refractivity contribution in [3.63, 3.8) is 0 Å². The average molecular weight is 271 g/mol. The molecule has 0 aliphatic carbocycles. The fourth-order valence-corrected chi connectivity index (χ4v) is 2.05. The first-order valence-electron chi connectivity index (χ1n) is 6.56. The van der Waals surface area contributed by atoms with Crippen LogP contribution in [-0.2, 0) is 0 Å². The van der Waals surface area contributed by atoms with E-state index in [1.165, 1.54) is 11.8 Å². The molecular formula is C15H17N3O2. The Morgan fingerprint density at radius 2 is 2.00 bits per heavy atom. The van der Waals surface area contributed by atoms with Crippen molar-refractivity contribution in [2.45, 2.75) is 19.3 Å². The molecule has 5 heteroatoms. The van der Waals surface area contributed by atoms with E-state index in [-0.39, 0.29) is 5.82 Å². The number of rotatable bonds is 6. The van der Waals surface area contributed by atoms with Crippen molar-refractivity contribution in [1.29, 1.82) is 0 Å². The highest BCUT2D eigenvalue weighted by Crippen LogP contribution is 2.22. The number of hydrogen-bond acceptors (Lipinski definition) is 4. The van der Waals surface area contributed by atoms with Crippen LogP contribution in [0.25, 0.3) is 0 Å². The molecule has 0 aliphatic rings. The third-order valence-electron chi connectivity index (χ3n) is 3.22. The predicted molar refractivity (Wildman–Crippen MR) is 78.9 cm³/mol. The van der Waals surface area contributed by atoms with Crippen LogP contribution in [0, 0.1) is 10.1 Å². The van der Waals surface area contributed by atoms with Crippen LogP contribution in [0.3, 0.4) is 0 Å². The molecule has 2 rings (SSSR count). The molecule has 0 bridgehead atoms. The Bertz CT molecular complexity index is 572. The monoisotopic (exact) mass is 271 g/mol. The maximum absolute atomic E-state index is 10.8. The smallest absolute Gasteiger partial charge is 0.378 e. The zero-order chi connectivity index (χ0) is 14.4. The molecule has 1 aromatic heterocycles. The van der Waals surface area contributed by atoms with Crippen molar-refractivity contribution in [2.24, 2.45) is 0 Å². The van der Waals surface area contributed by atoms with Crippen molar-refractivity contribution < 1.29 is 4.92 Å². The maximum atomic E-state index is 10.8. The van der Waals surface area contributed by atoms with Gasteiger partial charge in [0.15, 0.2) is 0 Å². The van der Waals surface area contributed by atoms with Crippen molar-refractivity contribution in [3.8, 4) is 0 Å². The minimum Gasteiger partial charge on any atom is -0.378 e. The van der Waals surface area contributed by atoms with Gasteiger partial charge in [0.1, 0.15) is 11.9 Å². The van der Waals surface area contributed by atoms with Gasteiger partial charge < -0.3 is 15.4 Å². The zero-order valence-electron chi connectivity index (χ0n) is 11.3. The number of pyridine rings is 1. The minimum absolute atomic E-state index is 0.125. The molecule has 0 spiro atoms. The van der Waals surface area contributed by atoms with Gasteiger partial charge in [-0.2, -0.15) is 0 Å². The van der Waals surface area contributed by atoms with E-state index in [2.05, 4.69) is 29.4 Å². The summed E-state index contributed by atoms with van der Waals surface area (Å²) in [5.41, 5.74) is 1.74. The number of benzene rings is 1. The van der Waals surface area contributed by atoms with Crippen molar-refractivity contribution in [1.82, 2.24) is 4.98 Å². The van der Waals surface area contributed by atoms with E-state index in [0.29, 0.717) is 18.2 Å². The number of aromatic nitrogens is 1. The fourth-order valence-electron chi connectivity index (χ4n) is 2.05. The third kappa shape index (κ3) is 3.54. The summed E-state index contributed by atoms with van der Waals surface area (Å²) in [7, 11) is 0. The SMILES string of the molecule is CC(CCNc1cccnc1[N+](=O)[O-])c1ccccc1. The molecule has 0 saturated carbocycles. The molecule has 1 atom stereocenters. The first-order chi connectivity index (χ1) is 9.68. The van der Waals surface area contributed by atoms with Crippen molar-refractivity contribution >= 4 is 11.5 Å². The Hall–Kier alpha value is -2.43. The minimum atomic E-state index is -0.469. The molecule has 20 heavy (non-hydrogen) atoms. The van der Waals surface area contributed by atoms with Gasteiger partial charge in [-0.25, -0.2) is 0 Å². The number of anilines is 1. The molecule has 0 amide bonds. The van der Waals surface area contributed by atoms with Crippen LogP contribution in [0.2, 0.25) is 0 Å². The lowest BCUT2D eigenvalue weighted by Gasteiger charge is -2.12. The molecule has 5 nitrogen and oxygen atoms in total. The van der Waals surface area contributed by atoms with Gasteiger partial charge in [0.2, 0.25) is 0 Å².